The van der Waals surface area contributed by atoms with Crippen LogP contribution < -0.4 is 21.7 Å². The minimum atomic E-state index is -0.452. The predicted molar refractivity (Wildman–Crippen MR) is 106 cm³/mol. The zero-order chi connectivity index (χ0) is 18.2. The van der Waals surface area contributed by atoms with Crippen LogP contribution in [0.4, 0.5) is 0 Å². The Hall–Kier alpha value is -2.13. The first kappa shape index (κ1) is 19.2. The first-order chi connectivity index (χ1) is 12.1. The Labute approximate surface area is 155 Å². The molecule has 1 aromatic heterocycles. The molecule has 0 atom stereocenters. The lowest BCUT2D eigenvalue weighted by molar-refractivity contribution is 0.0938. The number of thiocarbonyl (C=S) groups is 1. The number of hydrogen-bond donors (Lipinski definition) is 3. The summed E-state index contributed by atoms with van der Waals surface area (Å²) in [5.41, 5.74) is 5.15. The smallest absolute Gasteiger partial charge is 0.290 e. The molecule has 0 fully saturated rings. The molecule has 0 aliphatic rings. The summed E-state index contributed by atoms with van der Waals surface area (Å²) >= 11 is 6.88. The third kappa shape index (κ3) is 4.93. The predicted octanol–water partition coefficient (Wildman–Crippen LogP) is 1.28. The number of rotatable bonds is 6. The fraction of sp³-hybridized carbons (Fsp3) is 0.375. The lowest BCUT2D eigenvalue weighted by Crippen LogP contribution is -2.47. The number of carbonyl (C=O) groups is 1. The van der Waals surface area contributed by atoms with Crippen molar-refractivity contribution < 1.29 is 4.79 Å². The fourth-order valence-corrected chi connectivity index (χ4v) is 2.84. The van der Waals surface area contributed by atoms with Crippen molar-refractivity contribution in [3.05, 3.63) is 40.3 Å². The molecule has 0 bridgehead atoms. The Morgan fingerprint density at radius 3 is 2.68 bits per heavy atom. The van der Waals surface area contributed by atoms with E-state index in [0.717, 1.165) is 18.7 Å². The molecule has 3 N–H and O–H groups in total. The summed E-state index contributed by atoms with van der Waals surface area (Å²) in [5.74, 6) is 0.586. The summed E-state index contributed by atoms with van der Waals surface area (Å²) in [5, 5.41) is 8.48. The molecule has 1 amide bonds. The van der Waals surface area contributed by atoms with Gasteiger partial charge in [-0.2, -0.15) is 16.9 Å². The minimum absolute atomic E-state index is 0.176. The van der Waals surface area contributed by atoms with Crippen LogP contribution in [0.2, 0.25) is 0 Å². The summed E-state index contributed by atoms with van der Waals surface area (Å²) < 4.78 is 1.27. The van der Waals surface area contributed by atoms with Crippen molar-refractivity contribution in [3.8, 4) is 0 Å². The molecule has 0 unspecified atom stereocenters. The Bertz CT molecular complexity index is 822. The zero-order valence-corrected chi connectivity index (χ0v) is 15.8. The van der Waals surface area contributed by atoms with Gasteiger partial charge < -0.3 is 5.32 Å². The number of hydrogen-bond acceptors (Lipinski definition) is 5. The van der Waals surface area contributed by atoms with Gasteiger partial charge in [0.15, 0.2) is 10.8 Å². The van der Waals surface area contributed by atoms with Crippen LogP contribution in [0.5, 0.6) is 0 Å². The van der Waals surface area contributed by atoms with E-state index >= 15 is 0 Å². The lowest BCUT2D eigenvalue weighted by Gasteiger charge is -2.13. The van der Waals surface area contributed by atoms with Crippen molar-refractivity contribution in [2.45, 2.75) is 19.9 Å². The number of fused-ring (bicyclic) bond motifs is 1. The van der Waals surface area contributed by atoms with Gasteiger partial charge in [-0.05, 0) is 43.6 Å². The van der Waals surface area contributed by atoms with Crippen molar-refractivity contribution in [1.29, 1.82) is 0 Å². The van der Waals surface area contributed by atoms with Crippen LogP contribution in [0.25, 0.3) is 10.8 Å². The summed E-state index contributed by atoms with van der Waals surface area (Å²) in [6, 6.07) is 6.92. The monoisotopic (exact) mass is 379 g/mol. The van der Waals surface area contributed by atoms with E-state index < -0.39 is 5.91 Å². The molecule has 0 saturated heterocycles. The van der Waals surface area contributed by atoms with E-state index in [-0.39, 0.29) is 11.3 Å². The molecule has 0 spiro atoms. The van der Waals surface area contributed by atoms with Crippen molar-refractivity contribution in [2.24, 2.45) is 0 Å². The van der Waals surface area contributed by atoms with Gasteiger partial charge in [-0.3, -0.25) is 20.4 Å². The van der Waals surface area contributed by atoms with Crippen molar-refractivity contribution in [3.63, 3.8) is 0 Å². The molecule has 2 aromatic rings. The van der Waals surface area contributed by atoms with E-state index in [9.17, 15) is 9.59 Å². The van der Waals surface area contributed by atoms with E-state index in [1.165, 1.54) is 4.68 Å². The normalized spacial score (nSPS) is 10.5. The Balaban J connectivity index is 2.10. The summed E-state index contributed by atoms with van der Waals surface area (Å²) in [7, 11) is 0. The number of amides is 1. The molecule has 0 saturated carbocycles. The van der Waals surface area contributed by atoms with Gasteiger partial charge in [0.1, 0.15) is 0 Å². The Kier molecular flexibility index (Phi) is 7.20. The van der Waals surface area contributed by atoms with Crippen LogP contribution in [0.3, 0.4) is 0 Å². The molecule has 2 rings (SSSR count). The number of aryl methyl sites for hydroxylation is 1. The van der Waals surface area contributed by atoms with Crippen LogP contribution in [0, 0.1) is 0 Å². The van der Waals surface area contributed by atoms with Gasteiger partial charge in [0.25, 0.3) is 11.5 Å². The summed E-state index contributed by atoms with van der Waals surface area (Å²) in [4.78, 5) is 24.8. The molecule has 25 heavy (non-hydrogen) atoms. The zero-order valence-electron chi connectivity index (χ0n) is 14.2. The first-order valence-corrected chi connectivity index (χ1v) is 9.71. The SMILES string of the molecule is CCn1nc(C(=O)NNC(=S)NCCCSC)c2ccccc2c1=O. The molecular formula is C16H21N5O2S2. The minimum Gasteiger partial charge on any atom is -0.361 e. The highest BCUT2D eigenvalue weighted by molar-refractivity contribution is 7.98. The lowest BCUT2D eigenvalue weighted by atomic mass is 10.1. The van der Waals surface area contributed by atoms with Gasteiger partial charge >= 0.3 is 0 Å². The number of hydrazine groups is 1. The van der Waals surface area contributed by atoms with Crippen LogP contribution in [-0.2, 0) is 6.54 Å². The van der Waals surface area contributed by atoms with Crippen molar-refractivity contribution in [2.75, 3.05) is 18.6 Å². The molecule has 9 heteroatoms. The van der Waals surface area contributed by atoms with Crippen LogP contribution in [0.1, 0.15) is 23.8 Å². The van der Waals surface area contributed by atoms with Gasteiger partial charge in [-0.15, -0.1) is 0 Å². The van der Waals surface area contributed by atoms with Gasteiger partial charge in [0.05, 0.1) is 5.39 Å². The highest BCUT2D eigenvalue weighted by atomic mass is 32.2. The topological polar surface area (TPSA) is 88.1 Å². The second-order valence-electron chi connectivity index (χ2n) is 5.20. The molecule has 1 heterocycles. The molecule has 1 aromatic carbocycles. The Morgan fingerprint density at radius 2 is 2.00 bits per heavy atom. The quantitative estimate of drug-likeness (QED) is 0.396. The second kappa shape index (κ2) is 9.38. The van der Waals surface area contributed by atoms with Gasteiger partial charge in [-0.1, -0.05) is 18.2 Å². The average molecular weight is 380 g/mol. The number of benzene rings is 1. The maximum Gasteiger partial charge on any atom is 0.290 e. The maximum absolute atomic E-state index is 12.5. The first-order valence-electron chi connectivity index (χ1n) is 7.91. The number of thioether (sulfide) groups is 1. The molecule has 7 nitrogen and oxygen atoms in total. The van der Waals surface area contributed by atoms with E-state index in [1.807, 2.05) is 6.26 Å². The van der Waals surface area contributed by atoms with E-state index in [4.69, 9.17) is 12.2 Å². The van der Waals surface area contributed by atoms with E-state index in [0.29, 0.717) is 22.4 Å². The highest BCUT2D eigenvalue weighted by Crippen LogP contribution is 2.12. The highest BCUT2D eigenvalue weighted by Gasteiger charge is 2.16. The van der Waals surface area contributed by atoms with Gasteiger partial charge in [-0.25, -0.2) is 4.68 Å². The third-order valence-corrected chi connectivity index (χ3v) is 4.43. The van der Waals surface area contributed by atoms with Crippen molar-refractivity contribution in [1.82, 2.24) is 25.9 Å². The molecule has 0 aliphatic heterocycles. The Morgan fingerprint density at radius 1 is 1.28 bits per heavy atom. The van der Waals surface area contributed by atoms with Gasteiger partial charge in [0.2, 0.25) is 0 Å². The molecule has 0 radical (unpaired) electrons. The standard InChI is InChI=1S/C16H21N5O2S2/c1-3-21-15(23)12-8-5-4-7-11(12)13(20-21)14(22)18-19-16(24)17-9-6-10-25-2/h4-5,7-8H,3,6,9-10H2,1-2H3,(H,18,22)(H2,17,19,24). The summed E-state index contributed by atoms with van der Waals surface area (Å²) in [6.45, 7) is 2.91. The molecular weight excluding hydrogens is 358 g/mol. The average Bonchev–Trinajstić information content (AvgIpc) is 2.64. The number of nitrogens with one attached hydrogen (secondary N) is 3. The van der Waals surface area contributed by atoms with Gasteiger partial charge in [0, 0.05) is 18.5 Å². The van der Waals surface area contributed by atoms with E-state index in [2.05, 4.69) is 21.3 Å². The molecule has 0 aliphatic carbocycles. The number of nitrogens with zero attached hydrogens (tertiary/aromatic N) is 2. The number of aromatic nitrogens is 2. The largest absolute Gasteiger partial charge is 0.361 e. The van der Waals surface area contributed by atoms with E-state index in [1.54, 1.807) is 43.0 Å². The molecule has 134 valence electrons. The maximum atomic E-state index is 12.5. The number of carbonyl (C=O) groups excluding carboxylic acids is 1. The van der Waals surface area contributed by atoms with Crippen molar-refractivity contribution >= 4 is 45.8 Å². The third-order valence-electron chi connectivity index (χ3n) is 3.48. The summed E-state index contributed by atoms with van der Waals surface area (Å²) in [6.07, 6.45) is 3.02. The van der Waals surface area contributed by atoms with Crippen LogP contribution >= 0.6 is 24.0 Å². The van der Waals surface area contributed by atoms with Crippen LogP contribution in [-0.4, -0.2) is 39.4 Å². The fourth-order valence-electron chi connectivity index (χ4n) is 2.25. The van der Waals surface area contributed by atoms with Crippen LogP contribution in [0.15, 0.2) is 29.1 Å². The second-order valence-corrected chi connectivity index (χ2v) is 6.59.